The number of oxime groups is 1. The summed E-state index contributed by atoms with van der Waals surface area (Å²) < 4.78 is 1.27. The molecule has 0 aliphatic carbocycles. The summed E-state index contributed by atoms with van der Waals surface area (Å²) in [5.41, 5.74) is 6.65. The molecule has 2 atom stereocenters. The molecule has 4 N–H and O–H groups in total. The number of nitrogens with one attached hydrogen (secondary N) is 1. The number of aromatic nitrogens is 6. The van der Waals surface area contributed by atoms with Gasteiger partial charge in [-0.15, -0.1) is 49.7 Å². The third-order valence-electron chi connectivity index (χ3n) is 5.14. The van der Waals surface area contributed by atoms with Crippen LogP contribution in [0.25, 0.3) is 5.65 Å². The van der Waals surface area contributed by atoms with E-state index in [1.807, 2.05) is 0 Å². The number of hydrogen-bond acceptors (Lipinski definition) is 14. The number of nitrogens with zero attached hydrogens (tertiary/aromatic N) is 8. The van der Waals surface area contributed by atoms with Crippen molar-refractivity contribution in [3.05, 3.63) is 34.5 Å². The Morgan fingerprint density at radius 2 is 2.25 bits per heavy atom. The molecule has 5 rings (SSSR count). The number of amides is 2. The van der Waals surface area contributed by atoms with Crippen LogP contribution in [0, 0.1) is 0 Å². The Bertz CT molecular complexity index is 1440. The number of nitrogens with two attached hydrogens (primary N) is 1. The molecule has 15 nitrogen and oxygen atoms in total. The van der Waals surface area contributed by atoms with Gasteiger partial charge in [0.1, 0.15) is 34.9 Å². The van der Waals surface area contributed by atoms with Crippen LogP contribution in [-0.2, 0) is 19.2 Å². The van der Waals surface area contributed by atoms with Gasteiger partial charge in [-0.25, -0.2) is 9.78 Å². The van der Waals surface area contributed by atoms with Crippen LogP contribution in [0.4, 0.5) is 5.13 Å². The number of carboxylic acids is 1. The Hall–Kier alpha value is -3.77. The highest BCUT2D eigenvalue weighted by Gasteiger charge is 2.54. The monoisotopic (exact) mass is 548 g/mol. The molecule has 0 bridgehead atoms. The van der Waals surface area contributed by atoms with Gasteiger partial charge in [-0.05, 0) is 28.1 Å². The van der Waals surface area contributed by atoms with Crippen molar-refractivity contribution in [1.82, 2.24) is 40.5 Å². The number of thioether (sulfide) groups is 2. The van der Waals surface area contributed by atoms with Crippen LogP contribution >= 0.6 is 34.9 Å². The quantitative estimate of drug-likeness (QED) is 0.140. The molecule has 1 fully saturated rings. The Morgan fingerprint density at radius 3 is 2.97 bits per heavy atom. The van der Waals surface area contributed by atoms with Gasteiger partial charge in [0.25, 0.3) is 11.8 Å². The van der Waals surface area contributed by atoms with E-state index in [1.165, 1.54) is 45.5 Å². The van der Waals surface area contributed by atoms with Crippen molar-refractivity contribution in [2.24, 2.45) is 5.16 Å². The van der Waals surface area contributed by atoms with Gasteiger partial charge in [0.2, 0.25) is 0 Å². The number of aliphatic carboxylic acids is 1. The van der Waals surface area contributed by atoms with Gasteiger partial charge in [0.05, 0.1) is 0 Å². The maximum absolute atomic E-state index is 13.0. The SMILES string of the molecule is CON=C(C(=O)N[C@@H]1C(=O)N2C(C(=O)O)=C(CSc3ccc4nnnn4n3)CS[C@@H]12)c1csc(N)n1. The topological polar surface area (TPSA) is 203 Å². The first kappa shape index (κ1) is 23.9. The molecule has 0 aromatic carbocycles. The molecular formula is C18H16N10O5S3. The van der Waals surface area contributed by atoms with Gasteiger partial charge in [-0.2, -0.15) is 0 Å². The van der Waals surface area contributed by atoms with Crippen LogP contribution < -0.4 is 11.1 Å². The van der Waals surface area contributed by atoms with Gasteiger partial charge in [-0.1, -0.05) is 5.16 Å². The number of carboxylic acid groups (broad SMARTS) is 1. The molecule has 0 saturated carbocycles. The fourth-order valence-electron chi connectivity index (χ4n) is 3.57. The lowest BCUT2D eigenvalue weighted by Crippen LogP contribution is -2.71. The van der Waals surface area contributed by atoms with E-state index in [-0.39, 0.29) is 22.2 Å². The third-order valence-corrected chi connectivity index (χ3v) is 8.16. The number of fused-ring (bicyclic) bond motifs is 2. The average Bonchev–Trinajstić information content (AvgIpc) is 3.51. The molecular weight excluding hydrogens is 532 g/mol. The molecule has 0 spiro atoms. The zero-order valence-electron chi connectivity index (χ0n) is 18.3. The molecule has 3 aromatic heterocycles. The fraction of sp³-hybridized carbons (Fsp3) is 0.278. The molecule has 1 saturated heterocycles. The first-order chi connectivity index (χ1) is 17.4. The fourth-order valence-corrected chi connectivity index (χ4v) is 6.45. The van der Waals surface area contributed by atoms with E-state index in [0.29, 0.717) is 27.8 Å². The van der Waals surface area contributed by atoms with Crippen molar-refractivity contribution < 1.29 is 24.3 Å². The summed E-state index contributed by atoms with van der Waals surface area (Å²) in [6.07, 6.45) is 0. The average molecular weight is 549 g/mol. The first-order valence-corrected chi connectivity index (χ1v) is 13.0. The van der Waals surface area contributed by atoms with Crippen molar-refractivity contribution in [2.45, 2.75) is 16.4 Å². The van der Waals surface area contributed by atoms with Crippen LogP contribution in [0.15, 0.2) is 39.0 Å². The predicted octanol–water partition coefficient (Wildman–Crippen LogP) is -0.561. The predicted molar refractivity (Wildman–Crippen MR) is 129 cm³/mol. The van der Waals surface area contributed by atoms with E-state index in [1.54, 1.807) is 12.1 Å². The van der Waals surface area contributed by atoms with E-state index >= 15 is 0 Å². The van der Waals surface area contributed by atoms with Crippen molar-refractivity contribution in [3.8, 4) is 0 Å². The van der Waals surface area contributed by atoms with Crippen molar-refractivity contribution in [2.75, 3.05) is 24.3 Å². The Morgan fingerprint density at radius 1 is 1.42 bits per heavy atom. The largest absolute Gasteiger partial charge is 0.477 e. The van der Waals surface area contributed by atoms with Gasteiger partial charge in [0.15, 0.2) is 16.5 Å². The van der Waals surface area contributed by atoms with Gasteiger partial charge < -0.3 is 21.0 Å². The lowest BCUT2D eigenvalue weighted by Gasteiger charge is -2.49. The second kappa shape index (κ2) is 9.70. The van der Waals surface area contributed by atoms with Crippen LogP contribution in [0.5, 0.6) is 0 Å². The highest BCUT2D eigenvalue weighted by atomic mass is 32.2. The van der Waals surface area contributed by atoms with Crippen molar-refractivity contribution >= 4 is 69.1 Å². The maximum Gasteiger partial charge on any atom is 0.352 e. The summed E-state index contributed by atoms with van der Waals surface area (Å²) in [5, 5.41) is 33.3. The lowest BCUT2D eigenvalue weighted by atomic mass is 10.0. The normalized spacial score (nSPS) is 19.8. The number of carbonyl (C=O) groups is 3. The first-order valence-electron chi connectivity index (χ1n) is 10.1. The zero-order valence-corrected chi connectivity index (χ0v) is 20.7. The van der Waals surface area contributed by atoms with Crippen LogP contribution in [0.3, 0.4) is 0 Å². The summed E-state index contributed by atoms with van der Waals surface area (Å²) in [4.78, 5) is 47.9. The second-order valence-corrected chi connectivity index (χ2v) is 10.3. The summed E-state index contributed by atoms with van der Waals surface area (Å²) in [7, 11) is 1.27. The Labute approximate surface area is 214 Å². The van der Waals surface area contributed by atoms with Crippen molar-refractivity contribution in [3.63, 3.8) is 0 Å². The van der Waals surface area contributed by atoms with E-state index in [9.17, 15) is 19.5 Å². The molecule has 3 aromatic rings. The molecule has 0 radical (unpaired) electrons. The van der Waals surface area contributed by atoms with Crippen LogP contribution in [-0.4, -0.2) is 93.8 Å². The molecule has 2 aliphatic rings. The standard InChI is InChI=1S/C18H16N10O5S3/c1-33-24-11(8-6-36-18(19)20-8)14(29)21-12-15(30)27-13(17(31)32)7(5-35-16(12)27)4-34-10-3-2-9-22-25-26-28(9)23-10/h2-3,6,12,16H,4-5H2,1H3,(H2,19,20)(H,21,29)(H,31,32)/t12-,16+/m1/s1. The molecule has 2 amide bonds. The summed E-state index contributed by atoms with van der Waals surface area (Å²) in [6, 6.07) is 2.49. The highest BCUT2D eigenvalue weighted by Crippen LogP contribution is 2.41. The van der Waals surface area contributed by atoms with Gasteiger partial charge >= 0.3 is 5.97 Å². The van der Waals surface area contributed by atoms with Crippen molar-refractivity contribution in [1.29, 1.82) is 0 Å². The lowest BCUT2D eigenvalue weighted by molar-refractivity contribution is -0.150. The second-order valence-electron chi connectivity index (χ2n) is 7.30. The van der Waals surface area contributed by atoms with E-state index in [4.69, 9.17) is 10.6 Å². The molecule has 186 valence electrons. The minimum atomic E-state index is -1.22. The van der Waals surface area contributed by atoms with Gasteiger partial charge in [0, 0.05) is 16.9 Å². The minimum absolute atomic E-state index is 0.0942. The smallest absolute Gasteiger partial charge is 0.352 e. The number of nitrogen functional groups attached to an aromatic ring is 1. The number of rotatable bonds is 8. The molecule has 36 heavy (non-hydrogen) atoms. The number of carbonyl (C=O) groups excluding carboxylic acids is 2. The summed E-state index contributed by atoms with van der Waals surface area (Å²) >= 11 is 3.78. The Kier molecular flexibility index (Phi) is 6.46. The summed E-state index contributed by atoms with van der Waals surface area (Å²) in [5.74, 6) is -1.81. The molecule has 2 aliphatic heterocycles. The summed E-state index contributed by atoms with van der Waals surface area (Å²) in [6.45, 7) is 0. The minimum Gasteiger partial charge on any atom is -0.477 e. The molecule has 5 heterocycles. The Balaban J connectivity index is 1.30. The van der Waals surface area contributed by atoms with E-state index in [0.717, 1.165) is 11.3 Å². The van der Waals surface area contributed by atoms with Gasteiger partial charge in [-0.3, -0.25) is 14.5 Å². The molecule has 18 heteroatoms. The van der Waals surface area contributed by atoms with E-state index in [2.05, 4.69) is 36.1 Å². The molecule has 0 unspecified atom stereocenters. The van der Waals surface area contributed by atoms with Crippen LogP contribution in [0.1, 0.15) is 5.69 Å². The number of anilines is 1. The number of hydrogen-bond donors (Lipinski definition) is 3. The maximum atomic E-state index is 13.0. The third kappa shape index (κ3) is 4.33. The number of β-lactam (4-membered cyclic amide) rings is 1. The van der Waals surface area contributed by atoms with Crippen LogP contribution in [0.2, 0.25) is 0 Å². The number of tetrazole rings is 1. The zero-order chi connectivity index (χ0) is 25.4. The number of thiazole rings is 1. The van der Waals surface area contributed by atoms with E-state index < -0.39 is 29.2 Å². The highest BCUT2D eigenvalue weighted by molar-refractivity contribution is 8.01.